The number of rotatable bonds is 4. The summed E-state index contributed by atoms with van der Waals surface area (Å²) >= 11 is 6.81. The second-order valence-electron chi connectivity index (χ2n) is 4.76. The fourth-order valence-electron chi connectivity index (χ4n) is 2.01. The molecule has 0 bridgehead atoms. The van der Waals surface area contributed by atoms with Gasteiger partial charge in [-0.15, -0.1) is 23.1 Å². The predicted octanol–water partition coefficient (Wildman–Crippen LogP) is 5.83. The zero-order valence-corrected chi connectivity index (χ0v) is 14.9. The van der Waals surface area contributed by atoms with Gasteiger partial charge < -0.3 is 0 Å². The Morgan fingerprint density at radius 3 is 2.41 bits per heavy atom. The number of hydrogen-bond donors (Lipinski definition) is 0. The second kappa shape index (κ2) is 7.27. The van der Waals surface area contributed by atoms with Crippen LogP contribution in [0.3, 0.4) is 0 Å². The quantitative estimate of drug-likeness (QED) is 0.522. The maximum Gasteiger partial charge on any atom is 0.182 e. The normalized spacial score (nSPS) is 10.6. The van der Waals surface area contributed by atoms with E-state index in [1.165, 1.54) is 5.56 Å². The van der Waals surface area contributed by atoms with Crippen LogP contribution < -0.4 is 5.43 Å². The van der Waals surface area contributed by atoms with Crippen LogP contribution in [0.2, 0.25) is 0 Å². The monoisotopic (exact) mass is 388 g/mol. The molecule has 0 N–H and O–H groups in total. The molecule has 1 heterocycles. The standard InChI is InChI=1S/C18H13BrOS2/c19-15-8-6-13(7-9-15)12-21-18-11-16(20)10-17(22-18)14-4-2-1-3-5-14/h1-11H,12H2. The highest BCUT2D eigenvalue weighted by molar-refractivity contribution is 9.10. The van der Waals surface area contributed by atoms with Crippen LogP contribution in [-0.4, -0.2) is 0 Å². The van der Waals surface area contributed by atoms with Gasteiger partial charge in [-0.1, -0.05) is 58.4 Å². The summed E-state index contributed by atoms with van der Waals surface area (Å²) in [7, 11) is 0. The lowest BCUT2D eigenvalue weighted by Gasteiger charge is -2.05. The van der Waals surface area contributed by atoms with Crippen molar-refractivity contribution in [3.05, 3.63) is 87.0 Å². The van der Waals surface area contributed by atoms with Crippen molar-refractivity contribution in [2.24, 2.45) is 0 Å². The summed E-state index contributed by atoms with van der Waals surface area (Å²) in [5.41, 5.74) is 2.41. The van der Waals surface area contributed by atoms with E-state index in [-0.39, 0.29) is 5.43 Å². The SMILES string of the molecule is O=c1cc(SCc2ccc(Br)cc2)sc(-c2ccccc2)c1. The first kappa shape index (κ1) is 15.5. The van der Waals surface area contributed by atoms with Gasteiger partial charge in [0.15, 0.2) is 5.43 Å². The third-order valence-electron chi connectivity index (χ3n) is 3.10. The molecule has 110 valence electrons. The largest absolute Gasteiger partial charge is 0.290 e. The Balaban J connectivity index is 1.81. The molecule has 4 heteroatoms. The molecule has 0 radical (unpaired) electrons. The van der Waals surface area contributed by atoms with E-state index in [0.717, 1.165) is 24.9 Å². The topological polar surface area (TPSA) is 17.1 Å². The Labute approximate surface area is 146 Å². The molecule has 0 saturated heterocycles. The Morgan fingerprint density at radius 2 is 1.68 bits per heavy atom. The number of halogens is 1. The maximum absolute atomic E-state index is 11.9. The zero-order chi connectivity index (χ0) is 15.4. The van der Waals surface area contributed by atoms with Gasteiger partial charge in [0.25, 0.3) is 0 Å². The molecule has 2 aromatic carbocycles. The molecule has 0 atom stereocenters. The summed E-state index contributed by atoms with van der Waals surface area (Å²) in [5.74, 6) is 0.863. The van der Waals surface area contributed by atoms with Crippen molar-refractivity contribution in [3.8, 4) is 10.4 Å². The third kappa shape index (κ3) is 4.09. The Morgan fingerprint density at radius 1 is 0.955 bits per heavy atom. The molecule has 0 unspecified atom stereocenters. The molecule has 0 aliphatic heterocycles. The fraction of sp³-hybridized carbons (Fsp3) is 0.0556. The number of thioether (sulfide) groups is 1. The van der Waals surface area contributed by atoms with Crippen LogP contribution in [0.5, 0.6) is 0 Å². The lowest BCUT2D eigenvalue weighted by molar-refractivity contribution is 1.40. The number of benzene rings is 2. The van der Waals surface area contributed by atoms with Gasteiger partial charge >= 0.3 is 0 Å². The molecule has 22 heavy (non-hydrogen) atoms. The minimum absolute atomic E-state index is 0.0657. The van der Waals surface area contributed by atoms with Crippen molar-refractivity contribution in [2.45, 2.75) is 9.96 Å². The van der Waals surface area contributed by atoms with Crippen LogP contribution in [-0.2, 0) is 5.75 Å². The van der Waals surface area contributed by atoms with Crippen molar-refractivity contribution in [1.82, 2.24) is 0 Å². The lowest BCUT2D eigenvalue weighted by Crippen LogP contribution is -1.96. The summed E-state index contributed by atoms with van der Waals surface area (Å²) in [6.45, 7) is 0. The number of hydrogen-bond acceptors (Lipinski definition) is 3. The van der Waals surface area contributed by atoms with Crippen LogP contribution in [0.4, 0.5) is 0 Å². The first-order valence-corrected chi connectivity index (χ1v) is 9.38. The molecule has 0 aliphatic carbocycles. The third-order valence-corrected chi connectivity index (χ3v) is 6.00. The van der Waals surface area contributed by atoms with Gasteiger partial charge in [0.05, 0.1) is 4.21 Å². The molecular formula is C18H13BrOS2. The minimum atomic E-state index is 0.0657. The minimum Gasteiger partial charge on any atom is -0.290 e. The molecule has 3 rings (SSSR count). The van der Waals surface area contributed by atoms with Crippen molar-refractivity contribution < 1.29 is 0 Å². The van der Waals surface area contributed by atoms with Crippen LogP contribution in [0.15, 0.2) is 80.2 Å². The summed E-state index contributed by atoms with van der Waals surface area (Å²) in [6.07, 6.45) is 0. The van der Waals surface area contributed by atoms with E-state index in [2.05, 4.69) is 28.1 Å². The Bertz CT molecular complexity index is 810. The average molecular weight is 389 g/mol. The first-order chi connectivity index (χ1) is 10.7. The van der Waals surface area contributed by atoms with E-state index in [0.29, 0.717) is 0 Å². The Hall–Kier alpha value is -1.36. The Kier molecular flexibility index (Phi) is 5.13. The molecule has 0 fully saturated rings. The van der Waals surface area contributed by atoms with E-state index < -0.39 is 0 Å². The maximum atomic E-state index is 11.9. The van der Waals surface area contributed by atoms with Gasteiger partial charge in [-0.05, 0) is 23.3 Å². The van der Waals surface area contributed by atoms with Gasteiger partial charge in [-0.25, -0.2) is 0 Å². The summed E-state index contributed by atoms with van der Waals surface area (Å²) < 4.78 is 2.13. The van der Waals surface area contributed by atoms with Gasteiger partial charge in [-0.3, -0.25) is 4.79 Å². The molecule has 0 saturated carbocycles. The van der Waals surface area contributed by atoms with Crippen LogP contribution >= 0.6 is 39.0 Å². The molecule has 0 spiro atoms. The van der Waals surface area contributed by atoms with Gasteiger partial charge in [0.2, 0.25) is 0 Å². The fourth-order valence-corrected chi connectivity index (χ4v) is 4.47. The molecule has 0 aliphatic rings. The smallest absolute Gasteiger partial charge is 0.182 e. The van der Waals surface area contributed by atoms with E-state index in [1.807, 2.05) is 42.5 Å². The summed E-state index contributed by atoms with van der Waals surface area (Å²) in [6, 6.07) is 21.8. The van der Waals surface area contributed by atoms with Gasteiger partial charge in [0.1, 0.15) is 0 Å². The molecule has 3 aromatic rings. The molecule has 1 aromatic heterocycles. The van der Waals surface area contributed by atoms with E-state index >= 15 is 0 Å². The highest BCUT2D eigenvalue weighted by Gasteiger charge is 2.04. The van der Waals surface area contributed by atoms with Crippen LogP contribution in [0, 0.1) is 0 Å². The van der Waals surface area contributed by atoms with Crippen molar-refractivity contribution in [1.29, 1.82) is 0 Å². The van der Waals surface area contributed by atoms with Gasteiger partial charge in [-0.2, -0.15) is 0 Å². The zero-order valence-electron chi connectivity index (χ0n) is 11.7. The van der Waals surface area contributed by atoms with Crippen molar-refractivity contribution in [3.63, 3.8) is 0 Å². The molecular weight excluding hydrogens is 376 g/mol. The summed E-state index contributed by atoms with van der Waals surface area (Å²) in [4.78, 5) is 12.9. The van der Waals surface area contributed by atoms with Crippen molar-refractivity contribution >= 4 is 39.0 Å². The highest BCUT2D eigenvalue weighted by Crippen LogP contribution is 2.32. The van der Waals surface area contributed by atoms with Crippen LogP contribution in [0.25, 0.3) is 10.4 Å². The van der Waals surface area contributed by atoms with Crippen LogP contribution in [0.1, 0.15) is 5.56 Å². The van der Waals surface area contributed by atoms with E-state index in [9.17, 15) is 4.79 Å². The molecule has 1 nitrogen and oxygen atoms in total. The average Bonchev–Trinajstić information content (AvgIpc) is 2.55. The van der Waals surface area contributed by atoms with Crippen molar-refractivity contribution in [2.75, 3.05) is 0 Å². The predicted molar refractivity (Wildman–Crippen MR) is 99.7 cm³/mol. The highest BCUT2D eigenvalue weighted by atomic mass is 79.9. The van der Waals surface area contributed by atoms with E-state index in [1.54, 1.807) is 35.2 Å². The second-order valence-corrected chi connectivity index (χ2v) is 8.03. The summed E-state index contributed by atoms with van der Waals surface area (Å²) in [5, 5.41) is 0. The van der Waals surface area contributed by atoms with E-state index in [4.69, 9.17) is 0 Å². The lowest BCUT2D eigenvalue weighted by atomic mass is 10.2. The first-order valence-electron chi connectivity index (χ1n) is 6.78. The van der Waals surface area contributed by atoms with Gasteiger partial charge in [0, 0.05) is 27.2 Å². The molecule has 0 amide bonds.